The quantitative estimate of drug-likeness (QED) is 0.809. The Labute approximate surface area is 131 Å². The van der Waals surface area contributed by atoms with Crippen molar-refractivity contribution in [3.05, 3.63) is 16.6 Å². The van der Waals surface area contributed by atoms with Crippen LogP contribution in [0.5, 0.6) is 0 Å². The first kappa shape index (κ1) is 17.9. The van der Waals surface area contributed by atoms with Gasteiger partial charge in [0.15, 0.2) is 0 Å². The molecule has 0 bridgehead atoms. The second kappa shape index (κ2) is 8.34. The van der Waals surface area contributed by atoms with E-state index in [0.29, 0.717) is 6.54 Å². The van der Waals surface area contributed by atoms with Crippen LogP contribution >= 0.6 is 11.3 Å². The molecule has 0 aliphatic rings. The highest BCUT2D eigenvalue weighted by molar-refractivity contribution is 7.09. The molecule has 2 N–H and O–H groups in total. The molecule has 1 aromatic rings. The van der Waals surface area contributed by atoms with Gasteiger partial charge in [-0.25, -0.2) is 9.78 Å². The van der Waals surface area contributed by atoms with Gasteiger partial charge in [-0.15, -0.1) is 11.3 Å². The van der Waals surface area contributed by atoms with Gasteiger partial charge in [0.05, 0.1) is 6.04 Å². The summed E-state index contributed by atoms with van der Waals surface area (Å²) in [6, 6.07) is 0.392. The van der Waals surface area contributed by atoms with Crippen molar-refractivity contribution in [2.45, 2.75) is 65.1 Å². The minimum atomic E-state index is -0.466. The first-order chi connectivity index (χ1) is 9.81. The molecule has 0 saturated heterocycles. The Kier molecular flexibility index (Phi) is 7.11. The zero-order chi connectivity index (χ0) is 15.9. The van der Waals surface area contributed by atoms with Gasteiger partial charge in [0.25, 0.3) is 0 Å². The molecule has 1 rings (SSSR count). The first-order valence-electron chi connectivity index (χ1n) is 7.44. The van der Waals surface area contributed by atoms with Gasteiger partial charge in [-0.3, -0.25) is 0 Å². The topological polar surface area (TPSA) is 63.2 Å². The molecule has 1 aromatic heterocycles. The summed E-state index contributed by atoms with van der Waals surface area (Å²) in [5.74, 6) is 0. The Morgan fingerprint density at radius 3 is 2.71 bits per heavy atom. The SMILES string of the molecule is CCCC(CNC(=O)OC(C)(C)C)NC(C)c1nccs1. The summed E-state index contributed by atoms with van der Waals surface area (Å²) in [5, 5.41) is 9.39. The monoisotopic (exact) mass is 313 g/mol. The van der Waals surface area contributed by atoms with Crippen molar-refractivity contribution in [1.29, 1.82) is 0 Å². The van der Waals surface area contributed by atoms with Crippen LogP contribution in [0.3, 0.4) is 0 Å². The number of alkyl carbamates (subject to hydrolysis) is 1. The minimum absolute atomic E-state index is 0.182. The highest BCUT2D eigenvalue weighted by Gasteiger charge is 2.19. The molecule has 5 nitrogen and oxygen atoms in total. The summed E-state index contributed by atoms with van der Waals surface area (Å²) in [4.78, 5) is 16.0. The number of amides is 1. The molecule has 120 valence electrons. The maximum atomic E-state index is 11.7. The molecule has 0 saturated carbocycles. The van der Waals surface area contributed by atoms with Crippen LogP contribution < -0.4 is 10.6 Å². The maximum absolute atomic E-state index is 11.7. The molecule has 1 amide bonds. The summed E-state index contributed by atoms with van der Waals surface area (Å²) < 4.78 is 5.26. The summed E-state index contributed by atoms with van der Waals surface area (Å²) in [6.07, 6.45) is 3.49. The molecule has 0 aliphatic carbocycles. The van der Waals surface area contributed by atoms with Crippen LogP contribution in [0.1, 0.15) is 58.5 Å². The van der Waals surface area contributed by atoms with Crippen LogP contribution in [0.25, 0.3) is 0 Å². The van der Waals surface area contributed by atoms with Gasteiger partial charge in [0, 0.05) is 24.2 Å². The number of nitrogens with one attached hydrogen (secondary N) is 2. The van der Waals surface area contributed by atoms with E-state index < -0.39 is 5.60 Å². The lowest BCUT2D eigenvalue weighted by Gasteiger charge is -2.24. The van der Waals surface area contributed by atoms with Crippen molar-refractivity contribution in [3.8, 4) is 0 Å². The number of aromatic nitrogens is 1. The normalized spacial score (nSPS) is 14.5. The number of hydrogen-bond acceptors (Lipinski definition) is 5. The van der Waals surface area contributed by atoms with Gasteiger partial charge in [-0.05, 0) is 34.1 Å². The Bertz CT molecular complexity index is 415. The van der Waals surface area contributed by atoms with Gasteiger partial charge in [0.1, 0.15) is 10.6 Å². The zero-order valence-corrected chi connectivity index (χ0v) is 14.4. The van der Waals surface area contributed by atoms with Crippen LogP contribution in [0, 0.1) is 0 Å². The summed E-state index contributed by atoms with van der Waals surface area (Å²) in [5.41, 5.74) is -0.466. The first-order valence-corrected chi connectivity index (χ1v) is 8.32. The fraction of sp³-hybridized carbons (Fsp3) is 0.733. The van der Waals surface area contributed by atoms with Crippen molar-refractivity contribution in [1.82, 2.24) is 15.6 Å². The largest absolute Gasteiger partial charge is 0.444 e. The molecule has 0 radical (unpaired) electrons. The highest BCUT2D eigenvalue weighted by Crippen LogP contribution is 2.16. The smallest absolute Gasteiger partial charge is 0.407 e. The van der Waals surface area contributed by atoms with E-state index in [0.717, 1.165) is 17.8 Å². The summed E-state index contributed by atoms with van der Waals surface area (Å²) in [7, 11) is 0. The minimum Gasteiger partial charge on any atom is -0.444 e. The number of nitrogens with zero attached hydrogens (tertiary/aromatic N) is 1. The highest BCUT2D eigenvalue weighted by atomic mass is 32.1. The van der Waals surface area contributed by atoms with E-state index in [1.54, 1.807) is 11.3 Å². The van der Waals surface area contributed by atoms with Crippen molar-refractivity contribution in [2.75, 3.05) is 6.54 Å². The molecule has 0 aromatic carbocycles. The fourth-order valence-electron chi connectivity index (χ4n) is 1.99. The standard InChI is InChI=1S/C15H27N3O2S/c1-6-7-12(10-17-14(19)20-15(3,4)5)18-11(2)13-16-8-9-21-13/h8-9,11-12,18H,6-7,10H2,1-5H3,(H,17,19). The average molecular weight is 313 g/mol. The third-order valence-corrected chi connectivity index (χ3v) is 3.79. The van der Waals surface area contributed by atoms with Crippen LogP contribution in [0.2, 0.25) is 0 Å². The van der Waals surface area contributed by atoms with Gasteiger partial charge >= 0.3 is 6.09 Å². The number of ether oxygens (including phenoxy) is 1. The molecule has 2 unspecified atom stereocenters. The molecule has 1 heterocycles. The molecular formula is C15H27N3O2S. The Balaban J connectivity index is 2.44. The number of hydrogen-bond donors (Lipinski definition) is 2. The predicted octanol–water partition coefficient (Wildman–Crippen LogP) is 3.49. The van der Waals surface area contributed by atoms with Crippen molar-refractivity contribution in [3.63, 3.8) is 0 Å². The van der Waals surface area contributed by atoms with Crippen LogP contribution in [-0.4, -0.2) is 29.3 Å². The van der Waals surface area contributed by atoms with Gasteiger partial charge in [-0.2, -0.15) is 0 Å². The second-order valence-electron chi connectivity index (χ2n) is 6.13. The van der Waals surface area contributed by atoms with E-state index in [9.17, 15) is 4.79 Å². The van der Waals surface area contributed by atoms with Gasteiger partial charge in [0.2, 0.25) is 0 Å². The lowest BCUT2D eigenvalue weighted by Crippen LogP contribution is -2.43. The Morgan fingerprint density at radius 1 is 1.48 bits per heavy atom. The Morgan fingerprint density at radius 2 is 2.19 bits per heavy atom. The molecule has 21 heavy (non-hydrogen) atoms. The van der Waals surface area contributed by atoms with E-state index in [2.05, 4.69) is 29.5 Å². The summed E-state index contributed by atoms with van der Waals surface area (Å²) >= 11 is 1.64. The molecule has 2 atom stereocenters. The number of thiazole rings is 1. The molecule has 0 fully saturated rings. The van der Waals surface area contributed by atoms with Crippen LogP contribution in [0.15, 0.2) is 11.6 Å². The van der Waals surface area contributed by atoms with Crippen molar-refractivity contribution >= 4 is 17.4 Å². The molecule has 0 spiro atoms. The second-order valence-corrected chi connectivity index (χ2v) is 7.05. The van der Waals surface area contributed by atoms with E-state index in [-0.39, 0.29) is 18.2 Å². The lowest BCUT2D eigenvalue weighted by atomic mass is 10.1. The maximum Gasteiger partial charge on any atom is 0.407 e. The lowest BCUT2D eigenvalue weighted by molar-refractivity contribution is 0.0521. The molecule has 6 heteroatoms. The Hall–Kier alpha value is -1.14. The van der Waals surface area contributed by atoms with Gasteiger partial charge < -0.3 is 15.4 Å². The van der Waals surface area contributed by atoms with E-state index in [1.807, 2.05) is 32.3 Å². The van der Waals surface area contributed by atoms with Crippen LogP contribution in [0.4, 0.5) is 4.79 Å². The van der Waals surface area contributed by atoms with E-state index in [4.69, 9.17) is 4.74 Å². The molecule has 0 aliphatic heterocycles. The fourth-order valence-corrected chi connectivity index (χ4v) is 2.64. The number of carbonyl (C=O) groups excluding carboxylic acids is 1. The van der Waals surface area contributed by atoms with E-state index in [1.165, 1.54) is 0 Å². The van der Waals surface area contributed by atoms with E-state index >= 15 is 0 Å². The number of rotatable bonds is 7. The third kappa shape index (κ3) is 7.43. The summed E-state index contributed by atoms with van der Waals surface area (Å²) in [6.45, 7) is 10.4. The van der Waals surface area contributed by atoms with Crippen molar-refractivity contribution < 1.29 is 9.53 Å². The number of carbonyl (C=O) groups is 1. The average Bonchev–Trinajstić information content (AvgIpc) is 2.88. The van der Waals surface area contributed by atoms with Crippen LogP contribution in [-0.2, 0) is 4.74 Å². The van der Waals surface area contributed by atoms with Crippen molar-refractivity contribution in [2.24, 2.45) is 0 Å². The third-order valence-electron chi connectivity index (χ3n) is 2.84. The zero-order valence-electron chi connectivity index (χ0n) is 13.6. The molecular weight excluding hydrogens is 286 g/mol. The van der Waals surface area contributed by atoms with Gasteiger partial charge in [-0.1, -0.05) is 13.3 Å². The predicted molar refractivity (Wildman–Crippen MR) is 86.6 cm³/mol.